The normalized spacial score (nSPS) is 26.8. The molecule has 0 aromatic carbocycles. The molecule has 1 heteroatoms. The summed E-state index contributed by atoms with van der Waals surface area (Å²) in [4.78, 5) is 0. The molecule has 0 spiro atoms. The zero-order chi connectivity index (χ0) is 23.4. The average Bonchev–Trinajstić information content (AvgIpc) is 2.81. The Kier molecular flexibility index (Phi) is 17.1. The minimum atomic E-state index is 0.688. The molecule has 33 heavy (non-hydrogen) atoms. The van der Waals surface area contributed by atoms with E-state index in [2.05, 4.69) is 38.2 Å². The van der Waals surface area contributed by atoms with Gasteiger partial charge in [-0.15, -0.1) is 0 Å². The van der Waals surface area contributed by atoms with E-state index in [9.17, 15) is 0 Å². The van der Waals surface area contributed by atoms with E-state index in [1.54, 1.807) is 0 Å². The summed E-state index contributed by atoms with van der Waals surface area (Å²) >= 11 is 0. The zero-order valence-electron chi connectivity index (χ0n) is 22.6. The molecule has 0 aromatic rings. The minimum Gasteiger partial charge on any atom is -0.381 e. The van der Waals surface area contributed by atoms with Gasteiger partial charge in [0.1, 0.15) is 0 Å². The van der Waals surface area contributed by atoms with Crippen molar-refractivity contribution in [3.05, 3.63) is 24.3 Å². The van der Waals surface area contributed by atoms with E-state index in [4.69, 9.17) is 4.74 Å². The highest BCUT2D eigenvalue weighted by atomic mass is 16.5. The first-order valence-corrected chi connectivity index (χ1v) is 15.3. The Bertz CT molecular complexity index is 449. The summed E-state index contributed by atoms with van der Waals surface area (Å²) in [7, 11) is 0. The van der Waals surface area contributed by atoms with Crippen molar-refractivity contribution in [2.45, 2.75) is 142 Å². The average molecular weight is 459 g/mol. The Morgan fingerprint density at radius 1 is 0.545 bits per heavy atom. The van der Waals surface area contributed by atoms with Crippen LogP contribution in [0.2, 0.25) is 0 Å². The second kappa shape index (κ2) is 19.7. The highest BCUT2D eigenvalue weighted by Crippen LogP contribution is 2.29. The molecule has 0 radical (unpaired) electrons. The second-order valence-electron chi connectivity index (χ2n) is 11.2. The summed E-state index contributed by atoms with van der Waals surface area (Å²) in [6, 6.07) is 0. The maximum Gasteiger partial charge on any atom is 0.0499 e. The molecule has 0 aromatic heterocycles. The smallest absolute Gasteiger partial charge is 0.0499 e. The van der Waals surface area contributed by atoms with Crippen molar-refractivity contribution in [1.82, 2.24) is 0 Å². The van der Waals surface area contributed by atoms with Crippen molar-refractivity contribution < 1.29 is 4.74 Å². The van der Waals surface area contributed by atoms with E-state index in [0.29, 0.717) is 11.8 Å². The molecule has 192 valence electrons. The Hall–Kier alpha value is -0.560. The van der Waals surface area contributed by atoms with Gasteiger partial charge < -0.3 is 4.74 Å². The fourth-order valence-electron chi connectivity index (χ4n) is 6.03. The first kappa shape index (κ1) is 28.7. The number of hydrogen-bond acceptors (Lipinski definition) is 1. The highest BCUT2D eigenvalue weighted by molar-refractivity contribution is 4.93. The number of hydrogen-bond donors (Lipinski definition) is 0. The van der Waals surface area contributed by atoms with E-state index in [1.165, 1.54) is 128 Å². The summed E-state index contributed by atoms with van der Waals surface area (Å²) in [6.07, 6.45) is 37.8. The summed E-state index contributed by atoms with van der Waals surface area (Å²) < 4.78 is 6.52. The van der Waals surface area contributed by atoms with Gasteiger partial charge in [-0.2, -0.15) is 0 Å². The van der Waals surface area contributed by atoms with Crippen LogP contribution in [0.25, 0.3) is 0 Å². The van der Waals surface area contributed by atoms with E-state index < -0.39 is 0 Å². The maximum atomic E-state index is 6.52. The molecule has 2 aliphatic rings. The van der Waals surface area contributed by atoms with Gasteiger partial charge in [0.15, 0.2) is 0 Å². The molecule has 0 bridgehead atoms. The van der Waals surface area contributed by atoms with Crippen LogP contribution in [-0.2, 0) is 4.74 Å². The Labute approximate surface area is 208 Å². The monoisotopic (exact) mass is 458 g/mol. The predicted octanol–water partition coefficient (Wildman–Crippen LogP) is 10.4. The van der Waals surface area contributed by atoms with Crippen molar-refractivity contribution in [2.24, 2.45) is 23.7 Å². The van der Waals surface area contributed by atoms with Crippen LogP contribution in [0.5, 0.6) is 0 Å². The van der Waals surface area contributed by atoms with Crippen molar-refractivity contribution in [2.75, 3.05) is 13.2 Å². The number of allylic oxidation sites excluding steroid dienone is 4. The molecular formula is C32H58O. The lowest BCUT2D eigenvalue weighted by Gasteiger charge is -2.27. The maximum absolute atomic E-state index is 6.52. The SMILES string of the molecule is CCC(COCC(CC)C1C=CCCCCCCCCC1)C1C=CCCCCCCCCC1. The van der Waals surface area contributed by atoms with Crippen LogP contribution in [0.15, 0.2) is 24.3 Å². The lowest BCUT2D eigenvalue weighted by molar-refractivity contribution is 0.0443. The molecule has 0 N–H and O–H groups in total. The van der Waals surface area contributed by atoms with Crippen LogP contribution in [0.1, 0.15) is 142 Å². The molecular weight excluding hydrogens is 400 g/mol. The third-order valence-electron chi connectivity index (χ3n) is 8.51. The number of ether oxygens (including phenoxy) is 1. The first-order valence-electron chi connectivity index (χ1n) is 15.3. The Morgan fingerprint density at radius 2 is 0.909 bits per heavy atom. The molecule has 1 nitrogen and oxygen atoms in total. The van der Waals surface area contributed by atoms with Gasteiger partial charge in [-0.25, -0.2) is 0 Å². The van der Waals surface area contributed by atoms with Crippen molar-refractivity contribution in [3.63, 3.8) is 0 Å². The van der Waals surface area contributed by atoms with Crippen LogP contribution < -0.4 is 0 Å². The lowest BCUT2D eigenvalue weighted by atomic mass is 9.84. The first-order chi connectivity index (χ1) is 16.3. The molecule has 0 saturated carbocycles. The van der Waals surface area contributed by atoms with Crippen LogP contribution in [0.4, 0.5) is 0 Å². The molecule has 0 amide bonds. The standard InChI is InChI=1S/C32H58O/c1-3-29(31-23-19-15-11-7-5-8-12-16-20-24-31)27-33-28-30(4-2)32-25-21-17-13-9-6-10-14-18-22-26-32/h19,21,23,25,29-32H,3-18,20,22,24,26-28H2,1-2H3. The van der Waals surface area contributed by atoms with Crippen molar-refractivity contribution in [1.29, 1.82) is 0 Å². The summed E-state index contributed by atoms with van der Waals surface area (Å²) in [5.41, 5.74) is 0. The highest BCUT2D eigenvalue weighted by Gasteiger charge is 2.21. The molecule has 0 saturated heterocycles. The summed E-state index contributed by atoms with van der Waals surface area (Å²) in [5.74, 6) is 2.81. The summed E-state index contributed by atoms with van der Waals surface area (Å²) in [6.45, 7) is 6.67. The summed E-state index contributed by atoms with van der Waals surface area (Å²) in [5, 5.41) is 0. The molecule has 4 unspecified atom stereocenters. The molecule has 0 aliphatic heterocycles. The van der Waals surface area contributed by atoms with Crippen LogP contribution >= 0.6 is 0 Å². The largest absolute Gasteiger partial charge is 0.381 e. The fourth-order valence-corrected chi connectivity index (χ4v) is 6.03. The van der Waals surface area contributed by atoms with Gasteiger partial charge in [0.05, 0.1) is 0 Å². The van der Waals surface area contributed by atoms with Gasteiger partial charge in [-0.05, 0) is 62.2 Å². The number of rotatable bonds is 8. The lowest BCUT2D eigenvalue weighted by Crippen LogP contribution is -2.23. The van der Waals surface area contributed by atoms with Crippen molar-refractivity contribution in [3.8, 4) is 0 Å². The van der Waals surface area contributed by atoms with E-state index in [-0.39, 0.29) is 0 Å². The van der Waals surface area contributed by atoms with Gasteiger partial charge in [-0.1, -0.05) is 128 Å². The van der Waals surface area contributed by atoms with Crippen LogP contribution in [0, 0.1) is 23.7 Å². The van der Waals surface area contributed by atoms with E-state index in [0.717, 1.165) is 25.0 Å². The molecule has 2 rings (SSSR count). The van der Waals surface area contributed by atoms with Gasteiger partial charge in [0, 0.05) is 13.2 Å². The third-order valence-corrected chi connectivity index (χ3v) is 8.51. The molecule has 4 atom stereocenters. The van der Waals surface area contributed by atoms with Crippen LogP contribution in [0.3, 0.4) is 0 Å². The van der Waals surface area contributed by atoms with E-state index in [1.807, 2.05) is 0 Å². The predicted molar refractivity (Wildman–Crippen MR) is 147 cm³/mol. The van der Waals surface area contributed by atoms with Gasteiger partial charge in [0.2, 0.25) is 0 Å². The molecule has 0 heterocycles. The Morgan fingerprint density at radius 3 is 1.30 bits per heavy atom. The van der Waals surface area contributed by atoms with E-state index >= 15 is 0 Å². The van der Waals surface area contributed by atoms with Crippen LogP contribution in [-0.4, -0.2) is 13.2 Å². The minimum absolute atomic E-state index is 0.688. The van der Waals surface area contributed by atoms with Gasteiger partial charge >= 0.3 is 0 Å². The Balaban J connectivity index is 1.86. The quantitative estimate of drug-likeness (QED) is 0.329. The topological polar surface area (TPSA) is 9.23 Å². The zero-order valence-corrected chi connectivity index (χ0v) is 22.6. The second-order valence-corrected chi connectivity index (χ2v) is 11.2. The fraction of sp³-hybridized carbons (Fsp3) is 0.875. The van der Waals surface area contributed by atoms with Gasteiger partial charge in [-0.3, -0.25) is 0 Å². The molecule has 0 fully saturated rings. The van der Waals surface area contributed by atoms with Gasteiger partial charge in [0.25, 0.3) is 0 Å². The van der Waals surface area contributed by atoms with Crippen molar-refractivity contribution >= 4 is 0 Å². The molecule has 2 aliphatic carbocycles. The third kappa shape index (κ3) is 13.2.